The summed E-state index contributed by atoms with van der Waals surface area (Å²) in [5.41, 5.74) is 7.07. The summed E-state index contributed by atoms with van der Waals surface area (Å²) in [5.74, 6) is -0.549. The number of carbonyl (C=O) groups excluding carboxylic acids is 1. The van der Waals surface area contributed by atoms with Gasteiger partial charge in [-0.3, -0.25) is 9.10 Å². The van der Waals surface area contributed by atoms with Crippen LogP contribution in [0.25, 0.3) is 0 Å². The van der Waals surface area contributed by atoms with Gasteiger partial charge in [0, 0.05) is 12.1 Å². The van der Waals surface area contributed by atoms with Crippen molar-refractivity contribution < 1.29 is 13.2 Å². The first kappa shape index (κ1) is 12.9. The van der Waals surface area contributed by atoms with E-state index in [0.29, 0.717) is 24.2 Å². The molecule has 1 aliphatic rings. The van der Waals surface area contributed by atoms with E-state index in [1.807, 2.05) is 0 Å². The first-order chi connectivity index (χ1) is 8.34. The quantitative estimate of drug-likeness (QED) is 0.884. The highest BCUT2D eigenvalue weighted by Gasteiger charge is 2.31. The summed E-state index contributed by atoms with van der Waals surface area (Å²) in [4.78, 5) is 11.1. The Kier molecular flexibility index (Phi) is 3.06. The number of nitrogens with two attached hydrogens (primary N) is 1. The van der Waals surface area contributed by atoms with Crippen LogP contribution >= 0.6 is 0 Å². The Morgan fingerprint density at radius 2 is 2.06 bits per heavy atom. The van der Waals surface area contributed by atoms with Gasteiger partial charge in [-0.25, -0.2) is 8.42 Å². The van der Waals surface area contributed by atoms with Gasteiger partial charge in [-0.15, -0.1) is 0 Å². The third-order valence-corrected chi connectivity index (χ3v) is 5.31. The lowest BCUT2D eigenvalue weighted by molar-refractivity contribution is 0.100. The van der Waals surface area contributed by atoms with Crippen molar-refractivity contribution in [3.63, 3.8) is 0 Å². The number of rotatable bonds is 3. The van der Waals surface area contributed by atoms with Gasteiger partial charge in [-0.1, -0.05) is 6.07 Å². The normalized spacial score (nSPS) is 14.9. The van der Waals surface area contributed by atoms with Crippen LogP contribution < -0.4 is 10.0 Å². The fourth-order valence-corrected chi connectivity index (χ4v) is 3.32. The van der Waals surface area contributed by atoms with Crippen molar-refractivity contribution in [2.75, 3.05) is 10.8 Å². The maximum atomic E-state index is 12.2. The molecule has 0 bridgehead atoms. The predicted octanol–water partition coefficient (Wildman–Crippen LogP) is 0.886. The number of anilines is 1. The Morgan fingerprint density at radius 3 is 2.61 bits per heavy atom. The molecule has 0 saturated carbocycles. The molecule has 0 spiro atoms. The Hall–Kier alpha value is -1.56. The van der Waals surface area contributed by atoms with Crippen LogP contribution in [0.3, 0.4) is 0 Å². The van der Waals surface area contributed by atoms with Crippen LogP contribution in [0.2, 0.25) is 0 Å². The summed E-state index contributed by atoms with van der Waals surface area (Å²) in [7, 11) is -3.35. The number of sulfonamides is 1. The summed E-state index contributed by atoms with van der Waals surface area (Å²) in [6, 6.07) is 4.96. The number of carbonyl (C=O) groups is 1. The standard InChI is InChI=1S/C12H16N2O3S/c1-8(2)18(16,17)14-6-5-9-3-4-10(12(13)15)7-11(9)14/h3-4,7-8H,5-6H2,1-2H3,(H2,13,15). The largest absolute Gasteiger partial charge is 0.366 e. The molecule has 0 radical (unpaired) electrons. The van der Waals surface area contributed by atoms with E-state index in [1.54, 1.807) is 32.0 Å². The fraction of sp³-hybridized carbons (Fsp3) is 0.417. The van der Waals surface area contributed by atoms with Crippen LogP contribution in [0, 0.1) is 0 Å². The maximum absolute atomic E-state index is 12.2. The van der Waals surface area contributed by atoms with Gasteiger partial charge >= 0.3 is 0 Å². The zero-order chi connectivity index (χ0) is 13.5. The first-order valence-corrected chi connectivity index (χ1v) is 7.28. The lowest BCUT2D eigenvalue weighted by atomic mass is 10.1. The lowest BCUT2D eigenvalue weighted by Crippen LogP contribution is -2.35. The monoisotopic (exact) mass is 268 g/mol. The number of benzene rings is 1. The second-order valence-electron chi connectivity index (χ2n) is 4.62. The van der Waals surface area contributed by atoms with Crippen LogP contribution in [0.5, 0.6) is 0 Å². The molecule has 2 N–H and O–H groups in total. The maximum Gasteiger partial charge on any atom is 0.248 e. The molecule has 6 heteroatoms. The lowest BCUT2D eigenvalue weighted by Gasteiger charge is -2.22. The highest BCUT2D eigenvalue weighted by atomic mass is 32.2. The van der Waals surface area contributed by atoms with Crippen molar-refractivity contribution in [3.05, 3.63) is 29.3 Å². The molecule has 1 amide bonds. The molecule has 0 atom stereocenters. The number of nitrogens with zero attached hydrogens (tertiary/aromatic N) is 1. The second-order valence-corrected chi connectivity index (χ2v) is 7.04. The molecule has 5 nitrogen and oxygen atoms in total. The minimum Gasteiger partial charge on any atom is -0.366 e. The topological polar surface area (TPSA) is 80.5 Å². The second kappa shape index (κ2) is 4.28. The van der Waals surface area contributed by atoms with Gasteiger partial charge in [0.2, 0.25) is 15.9 Å². The average molecular weight is 268 g/mol. The minimum atomic E-state index is -3.35. The highest BCUT2D eigenvalue weighted by Crippen LogP contribution is 2.32. The van der Waals surface area contributed by atoms with Crippen molar-refractivity contribution >= 4 is 21.6 Å². The zero-order valence-corrected chi connectivity index (χ0v) is 11.2. The van der Waals surface area contributed by atoms with Gasteiger partial charge in [0.15, 0.2) is 0 Å². The van der Waals surface area contributed by atoms with E-state index in [4.69, 9.17) is 5.73 Å². The van der Waals surface area contributed by atoms with E-state index in [-0.39, 0.29) is 0 Å². The predicted molar refractivity (Wildman–Crippen MR) is 70.1 cm³/mol. The van der Waals surface area contributed by atoms with E-state index in [1.165, 1.54) is 4.31 Å². The third kappa shape index (κ3) is 1.96. The SMILES string of the molecule is CC(C)S(=O)(=O)N1CCc2ccc(C(N)=O)cc21. The summed E-state index contributed by atoms with van der Waals surface area (Å²) < 4.78 is 25.7. The van der Waals surface area contributed by atoms with E-state index < -0.39 is 21.2 Å². The van der Waals surface area contributed by atoms with Gasteiger partial charge in [0.1, 0.15) is 0 Å². The summed E-state index contributed by atoms with van der Waals surface area (Å²) in [5, 5.41) is -0.485. The molecule has 18 heavy (non-hydrogen) atoms. The number of hydrogen-bond donors (Lipinski definition) is 1. The summed E-state index contributed by atoms with van der Waals surface area (Å²) in [6.45, 7) is 3.72. The molecule has 0 fully saturated rings. The van der Waals surface area contributed by atoms with Gasteiger partial charge in [0.25, 0.3) is 0 Å². The molecule has 0 aliphatic carbocycles. The van der Waals surface area contributed by atoms with E-state index in [9.17, 15) is 13.2 Å². The summed E-state index contributed by atoms with van der Waals surface area (Å²) >= 11 is 0. The zero-order valence-electron chi connectivity index (χ0n) is 10.4. The Morgan fingerprint density at radius 1 is 1.39 bits per heavy atom. The van der Waals surface area contributed by atoms with Crippen molar-refractivity contribution in [2.45, 2.75) is 25.5 Å². The molecular weight excluding hydrogens is 252 g/mol. The van der Waals surface area contributed by atoms with Crippen LogP contribution in [0.4, 0.5) is 5.69 Å². The number of hydrogen-bond acceptors (Lipinski definition) is 3. The van der Waals surface area contributed by atoms with Gasteiger partial charge < -0.3 is 5.73 Å². The van der Waals surface area contributed by atoms with Crippen LogP contribution in [-0.4, -0.2) is 26.1 Å². The van der Waals surface area contributed by atoms with Crippen molar-refractivity contribution in [3.8, 4) is 0 Å². The molecule has 2 rings (SSSR count). The number of amides is 1. The molecule has 0 aromatic heterocycles. The first-order valence-electron chi connectivity index (χ1n) is 5.78. The van der Waals surface area contributed by atoms with Gasteiger partial charge in [-0.05, 0) is 38.0 Å². The third-order valence-electron chi connectivity index (χ3n) is 3.13. The Labute approximate surface area is 107 Å². The van der Waals surface area contributed by atoms with Crippen LogP contribution in [0.15, 0.2) is 18.2 Å². The molecule has 1 aliphatic heterocycles. The fourth-order valence-electron chi connectivity index (χ4n) is 2.02. The molecule has 1 heterocycles. The van der Waals surface area contributed by atoms with Crippen LogP contribution in [0.1, 0.15) is 29.8 Å². The molecule has 0 saturated heterocycles. The number of fused-ring (bicyclic) bond motifs is 1. The Balaban J connectivity index is 2.50. The smallest absolute Gasteiger partial charge is 0.248 e. The molecule has 1 aromatic carbocycles. The average Bonchev–Trinajstić information content (AvgIpc) is 2.71. The molecule has 0 unspecified atom stereocenters. The van der Waals surface area contributed by atoms with E-state index >= 15 is 0 Å². The van der Waals surface area contributed by atoms with Crippen LogP contribution in [-0.2, 0) is 16.4 Å². The summed E-state index contributed by atoms with van der Waals surface area (Å²) in [6.07, 6.45) is 0.667. The van der Waals surface area contributed by atoms with E-state index in [2.05, 4.69) is 0 Å². The minimum absolute atomic E-state index is 0.333. The molecular formula is C12H16N2O3S. The van der Waals surface area contributed by atoms with Crippen molar-refractivity contribution in [1.29, 1.82) is 0 Å². The van der Waals surface area contributed by atoms with Gasteiger partial charge in [0.05, 0.1) is 10.9 Å². The van der Waals surface area contributed by atoms with Crippen molar-refractivity contribution in [2.24, 2.45) is 5.73 Å². The molecule has 1 aromatic rings. The Bertz CT molecular complexity index is 593. The molecule has 98 valence electrons. The number of primary amides is 1. The van der Waals surface area contributed by atoms with Gasteiger partial charge in [-0.2, -0.15) is 0 Å². The van der Waals surface area contributed by atoms with E-state index in [0.717, 1.165) is 5.56 Å². The highest BCUT2D eigenvalue weighted by molar-refractivity contribution is 7.93. The van der Waals surface area contributed by atoms with Crippen molar-refractivity contribution in [1.82, 2.24) is 0 Å².